The van der Waals surface area contributed by atoms with Gasteiger partial charge in [-0.05, 0) is 11.5 Å². The normalized spacial score (nSPS) is 12.5. The van der Waals surface area contributed by atoms with Gasteiger partial charge in [-0.15, -0.1) is 0 Å². The standard InChI is InChI=1S/C10H7NO9S2/c12-7-4-5-2-1-3-6(11(13)14)8(5)10(22(18,19)20)9(7)21(15,16)17/h1-4,12H,(H,15,16,17)(H,18,19,20). The van der Waals surface area contributed by atoms with E-state index < -0.39 is 51.8 Å². The molecule has 0 aliphatic heterocycles. The van der Waals surface area contributed by atoms with Gasteiger partial charge in [0.2, 0.25) is 0 Å². The van der Waals surface area contributed by atoms with E-state index in [1.165, 1.54) is 6.07 Å². The molecule has 12 heteroatoms. The van der Waals surface area contributed by atoms with Crippen molar-refractivity contribution < 1.29 is 36.0 Å². The number of fused-ring (bicyclic) bond motifs is 1. The van der Waals surface area contributed by atoms with E-state index in [2.05, 4.69) is 0 Å². The van der Waals surface area contributed by atoms with Crippen LogP contribution in [0, 0.1) is 10.1 Å². The van der Waals surface area contributed by atoms with Crippen LogP contribution in [0.4, 0.5) is 5.69 Å². The van der Waals surface area contributed by atoms with E-state index in [-0.39, 0.29) is 5.39 Å². The summed E-state index contributed by atoms with van der Waals surface area (Å²) in [5.41, 5.74) is -0.824. The van der Waals surface area contributed by atoms with Gasteiger partial charge in [0.25, 0.3) is 25.9 Å². The van der Waals surface area contributed by atoms with Crippen molar-refractivity contribution in [1.82, 2.24) is 0 Å². The molecule has 10 nitrogen and oxygen atoms in total. The maximum Gasteiger partial charge on any atom is 0.299 e. The minimum atomic E-state index is -5.33. The molecule has 0 aliphatic rings. The summed E-state index contributed by atoms with van der Waals surface area (Å²) in [4.78, 5) is 7.00. The average Bonchev–Trinajstić information content (AvgIpc) is 2.33. The summed E-state index contributed by atoms with van der Waals surface area (Å²) in [7, 11) is -10.6. The number of phenolic OH excluding ortho intramolecular Hbond substituents is 1. The van der Waals surface area contributed by atoms with Crippen molar-refractivity contribution in [2.45, 2.75) is 9.79 Å². The van der Waals surface area contributed by atoms with Crippen LogP contribution in [0.15, 0.2) is 34.1 Å². The van der Waals surface area contributed by atoms with Gasteiger partial charge in [0.1, 0.15) is 10.6 Å². The lowest BCUT2D eigenvalue weighted by Gasteiger charge is -2.11. The minimum absolute atomic E-state index is 0.216. The predicted molar refractivity (Wildman–Crippen MR) is 71.9 cm³/mol. The summed E-state index contributed by atoms with van der Waals surface area (Å²) in [6.45, 7) is 0. The highest BCUT2D eigenvalue weighted by Gasteiger charge is 2.33. The Morgan fingerprint density at radius 2 is 1.55 bits per heavy atom. The molecule has 0 saturated carbocycles. The Balaban J connectivity index is 3.29. The van der Waals surface area contributed by atoms with Crippen LogP contribution in [0.2, 0.25) is 0 Å². The number of non-ortho nitro benzene ring substituents is 1. The first kappa shape index (κ1) is 16.1. The Morgan fingerprint density at radius 1 is 1.00 bits per heavy atom. The number of hydrogen-bond acceptors (Lipinski definition) is 7. The van der Waals surface area contributed by atoms with Crippen molar-refractivity contribution in [3.8, 4) is 5.75 Å². The smallest absolute Gasteiger partial charge is 0.299 e. The fourth-order valence-electron chi connectivity index (χ4n) is 2.02. The molecule has 0 radical (unpaired) electrons. The topological polar surface area (TPSA) is 172 Å². The Kier molecular flexibility index (Phi) is 3.57. The van der Waals surface area contributed by atoms with Crippen LogP contribution in [0.5, 0.6) is 5.75 Å². The van der Waals surface area contributed by atoms with E-state index in [1.807, 2.05) is 0 Å². The summed E-state index contributed by atoms with van der Waals surface area (Å²) in [5.74, 6) is -1.18. The first-order valence-electron chi connectivity index (χ1n) is 5.32. The van der Waals surface area contributed by atoms with E-state index in [4.69, 9.17) is 4.55 Å². The monoisotopic (exact) mass is 349 g/mol. The second-order valence-electron chi connectivity index (χ2n) is 4.14. The molecule has 0 bridgehead atoms. The maximum absolute atomic E-state index is 11.5. The van der Waals surface area contributed by atoms with Gasteiger partial charge in [-0.3, -0.25) is 19.2 Å². The van der Waals surface area contributed by atoms with Gasteiger partial charge in [-0.1, -0.05) is 12.1 Å². The van der Waals surface area contributed by atoms with Crippen LogP contribution in [-0.2, 0) is 20.2 Å². The van der Waals surface area contributed by atoms with E-state index in [1.54, 1.807) is 0 Å². The molecule has 118 valence electrons. The van der Waals surface area contributed by atoms with Gasteiger partial charge in [-0.2, -0.15) is 16.8 Å². The Labute approximate surface area is 123 Å². The van der Waals surface area contributed by atoms with Crippen molar-refractivity contribution in [1.29, 1.82) is 0 Å². The molecule has 2 aromatic rings. The molecule has 0 fully saturated rings. The lowest BCUT2D eigenvalue weighted by atomic mass is 10.1. The lowest BCUT2D eigenvalue weighted by molar-refractivity contribution is -0.383. The maximum atomic E-state index is 11.5. The summed E-state index contributed by atoms with van der Waals surface area (Å²) in [5, 5.41) is 19.7. The van der Waals surface area contributed by atoms with Crippen molar-refractivity contribution in [3.63, 3.8) is 0 Å². The molecule has 0 amide bonds. The summed E-state index contributed by atoms with van der Waals surface area (Å²) in [6, 6.07) is 3.92. The van der Waals surface area contributed by atoms with Crippen molar-refractivity contribution in [3.05, 3.63) is 34.4 Å². The van der Waals surface area contributed by atoms with Crippen LogP contribution in [0.1, 0.15) is 0 Å². The molecule has 2 rings (SSSR count). The average molecular weight is 349 g/mol. The van der Waals surface area contributed by atoms with Crippen LogP contribution < -0.4 is 0 Å². The fourth-order valence-corrected chi connectivity index (χ4v) is 4.13. The first-order chi connectivity index (χ1) is 9.94. The van der Waals surface area contributed by atoms with E-state index in [0.29, 0.717) is 0 Å². The van der Waals surface area contributed by atoms with Gasteiger partial charge in [0, 0.05) is 6.07 Å². The molecule has 0 heterocycles. The number of nitrogens with zero attached hydrogens (tertiary/aromatic N) is 1. The summed E-state index contributed by atoms with van der Waals surface area (Å²) >= 11 is 0. The molecule has 0 atom stereocenters. The third-order valence-electron chi connectivity index (χ3n) is 2.75. The van der Waals surface area contributed by atoms with E-state index >= 15 is 0 Å². The van der Waals surface area contributed by atoms with Gasteiger partial charge in [0.15, 0.2) is 4.90 Å². The van der Waals surface area contributed by atoms with Gasteiger partial charge >= 0.3 is 0 Å². The molecule has 0 spiro atoms. The van der Waals surface area contributed by atoms with Crippen LogP contribution in [0.3, 0.4) is 0 Å². The number of rotatable bonds is 3. The second-order valence-corrected chi connectivity index (χ2v) is 6.85. The zero-order valence-electron chi connectivity index (χ0n) is 10.4. The van der Waals surface area contributed by atoms with Gasteiger partial charge in [0.05, 0.1) is 10.3 Å². The van der Waals surface area contributed by atoms with Crippen LogP contribution in [-0.4, -0.2) is 36.0 Å². The molecule has 0 saturated heterocycles. The van der Waals surface area contributed by atoms with Crippen molar-refractivity contribution in [2.75, 3.05) is 0 Å². The SMILES string of the molecule is O=[N+]([O-])c1cccc2cc(O)c(S(=O)(=O)O)c(S(=O)(=O)O)c12. The zero-order chi connectivity index (χ0) is 16.9. The number of nitro benzene ring substituents is 1. The minimum Gasteiger partial charge on any atom is -0.506 e. The third-order valence-corrected chi connectivity index (χ3v) is 4.73. The van der Waals surface area contributed by atoms with Crippen LogP contribution in [0.25, 0.3) is 10.8 Å². The molecule has 22 heavy (non-hydrogen) atoms. The number of aromatic hydroxyl groups is 1. The molecular weight excluding hydrogens is 342 g/mol. The Hall–Kier alpha value is -2.28. The summed E-state index contributed by atoms with van der Waals surface area (Å²) < 4.78 is 63.9. The molecule has 0 aromatic heterocycles. The predicted octanol–water partition coefficient (Wildman–Crippen LogP) is 0.947. The third kappa shape index (κ3) is 2.59. The number of nitro groups is 1. The largest absolute Gasteiger partial charge is 0.506 e. The number of hydrogen-bond donors (Lipinski definition) is 3. The van der Waals surface area contributed by atoms with Gasteiger partial charge < -0.3 is 5.11 Å². The molecule has 2 aromatic carbocycles. The number of phenols is 1. The Morgan fingerprint density at radius 3 is 2.00 bits per heavy atom. The lowest BCUT2D eigenvalue weighted by Crippen LogP contribution is -2.10. The quantitative estimate of drug-likeness (QED) is 0.414. The number of benzene rings is 2. The summed E-state index contributed by atoms with van der Waals surface area (Å²) in [6.07, 6.45) is 0. The highest BCUT2D eigenvalue weighted by Crippen LogP contribution is 2.40. The van der Waals surface area contributed by atoms with Crippen molar-refractivity contribution >= 4 is 36.7 Å². The molecular formula is C10H7NO9S2. The highest BCUT2D eigenvalue weighted by atomic mass is 32.2. The van der Waals surface area contributed by atoms with Crippen LogP contribution >= 0.6 is 0 Å². The zero-order valence-corrected chi connectivity index (χ0v) is 12.0. The second kappa shape index (κ2) is 4.88. The molecule has 0 unspecified atom stereocenters. The molecule has 0 aliphatic carbocycles. The highest BCUT2D eigenvalue weighted by molar-refractivity contribution is 7.89. The first-order valence-corrected chi connectivity index (χ1v) is 8.20. The Bertz CT molecular complexity index is 1010. The van der Waals surface area contributed by atoms with Gasteiger partial charge in [-0.25, -0.2) is 0 Å². The van der Waals surface area contributed by atoms with E-state index in [9.17, 15) is 36.6 Å². The molecule has 3 N–H and O–H groups in total. The van der Waals surface area contributed by atoms with E-state index in [0.717, 1.165) is 18.2 Å². The fraction of sp³-hybridized carbons (Fsp3) is 0. The van der Waals surface area contributed by atoms with Crippen molar-refractivity contribution in [2.24, 2.45) is 0 Å².